The topological polar surface area (TPSA) is 78.0 Å². The van der Waals surface area contributed by atoms with Crippen molar-refractivity contribution in [3.8, 4) is 0 Å². The molecular weight excluding hydrogens is 505 g/mol. The number of ether oxygens (including phenoxy) is 1. The van der Waals surface area contributed by atoms with Crippen LogP contribution in [0.4, 0.5) is 5.69 Å². The van der Waals surface area contributed by atoms with Gasteiger partial charge >= 0.3 is 0 Å². The number of halogens is 1. The van der Waals surface area contributed by atoms with Crippen LogP contribution in [-0.4, -0.2) is 62.2 Å². The molecular formula is C23H38IN5O2. The Balaban J connectivity index is 0.00000341. The zero-order valence-corrected chi connectivity index (χ0v) is 21.2. The molecule has 0 saturated carbocycles. The van der Waals surface area contributed by atoms with Crippen molar-refractivity contribution in [2.24, 2.45) is 4.99 Å². The third-order valence-corrected chi connectivity index (χ3v) is 6.01. The highest BCUT2D eigenvalue weighted by Gasteiger charge is 2.23. The molecule has 2 atom stereocenters. The number of hydrogen-bond donors (Lipinski definition) is 3. The molecule has 0 radical (unpaired) electrons. The first-order valence-electron chi connectivity index (χ1n) is 11.4. The Morgan fingerprint density at radius 3 is 2.84 bits per heavy atom. The molecule has 3 rings (SSSR count). The second-order valence-electron chi connectivity index (χ2n) is 8.14. The number of piperidine rings is 1. The molecule has 2 fully saturated rings. The summed E-state index contributed by atoms with van der Waals surface area (Å²) >= 11 is 0. The zero-order valence-electron chi connectivity index (χ0n) is 18.9. The van der Waals surface area contributed by atoms with E-state index in [0.717, 1.165) is 49.2 Å². The Hall–Kier alpha value is -1.39. The van der Waals surface area contributed by atoms with Crippen molar-refractivity contribution in [1.82, 2.24) is 15.5 Å². The van der Waals surface area contributed by atoms with Crippen LogP contribution >= 0.6 is 24.0 Å². The molecule has 2 heterocycles. The largest absolute Gasteiger partial charge is 0.368 e. The molecule has 2 unspecified atom stereocenters. The van der Waals surface area contributed by atoms with Crippen LogP contribution in [0, 0.1) is 0 Å². The lowest BCUT2D eigenvalue weighted by molar-refractivity contribution is -0.124. The number of carbonyl (C=O) groups is 1. The fourth-order valence-electron chi connectivity index (χ4n) is 4.31. The molecule has 2 aliphatic heterocycles. The van der Waals surface area contributed by atoms with Gasteiger partial charge in [0.25, 0.3) is 5.91 Å². The first-order chi connectivity index (χ1) is 14.7. The van der Waals surface area contributed by atoms with E-state index in [4.69, 9.17) is 4.74 Å². The van der Waals surface area contributed by atoms with Gasteiger partial charge in [0.2, 0.25) is 0 Å². The minimum Gasteiger partial charge on any atom is -0.368 e. The fourth-order valence-corrected chi connectivity index (χ4v) is 4.31. The molecule has 8 heteroatoms. The van der Waals surface area contributed by atoms with Gasteiger partial charge in [0, 0.05) is 45.0 Å². The summed E-state index contributed by atoms with van der Waals surface area (Å²) in [6.45, 7) is 6.73. The minimum absolute atomic E-state index is 0. The number of carbonyl (C=O) groups excluding carboxylic acids is 1. The number of guanidine groups is 1. The smallest absolute Gasteiger partial charge is 0.253 e. The summed E-state index contributed by atoms with van der Waals surface area (Å²) < 4.78 is 5.45. The Morgan fingerprint density at radius 1 is 1.23 bits per heavy atom. The van der Waals surface area contributed by atoms with Crippen molar-refractivity contribution in [2.45, 2.75) is 64.1 Å². The maximum atomic E-state index is 12.2. The molecule has 1 aromatic carbocycles. The third-order valence-electron chi connectivity index (χ3n) is 6.01. The molecule has 2 aliphatic rings. The van der Waals surface area contributed by atoms with Crippen LogP contribution in [0.15, 0.2) is 29.3 Å². The number of nitrogens with zero attached hydrogens (tertiary/aromatic N) is 2. The summed E-state index contributed by atoms with van der Waals surface area (Å²) in [5, 5.41) is 9.76. The van der Waals surface area contributed by atoms with E-state index < -0.39 is 0 Å². The lowest BCUT2D eigenvalue weighted by Gasteiger charge is -2.35. The van der Waals surface area contributed by atoms with E-state index in [-0.39, 0.29) is 36.0 Å². The second-order valence-corrected chi connectivity index (χ2v) is 8.14. The van der Waals surface area contributed by atoms with Crippen LogP contribution in [0.1, 0.15) is 51.0 Å². The predicted molar refractivity (Wildman–Crippen MR) is 137 cm³/mol. The van der Waals surface area contributed by atoms with E-state index in [0.29, 0.717) is 13.2 Å². The van der Waals surface area contributed by atoms with E-state index in [1.165, 1.54) is 32.2 Å². The lowest BCUT2D eigenvalue weighted by Crippen LogP contribution is -2.45. The Labute approximate surface area is 203 Å². The molecule has 0 aromatic heterocycles. The van der Waals surface area contributed by atoms with Crippen LogP contribution in [0.25, 0.3) is 0 Å². The van der Waals surface area contributed by atoms with Crippen molar-refractivity contribution < 1.29 is 9.53 Å². The molecule has 31 heavy (non-hydrogen) atoms. The maximum Gasteiger partial charge on any atom is 0.253 e. The molecule has 0 bridgehead atoms. The SMILES string of the molecule is CCC1CCCCN1CCNC(=NC)NCc1cccc(NC(=O)C2CCCO2)c1.I. The summed E-state index contributed by atoms with van der Waals surface area (Å²) in [5.41, 5.74) is 1.89. The monoisotopic (exact) mass is 543 g/mol. The number of likely N-dealkylation sites (tertiary alicyclic amines) is 1. The highest BCUT2D eigenvalue weighted by Crippen LogP contribution is 2.18. The average molecular weight is 543 g/mol. The van der Waals surface area contributed by atoms with Crippen LogP contribution in [0.5, 0.6) is 0 Å². The van der Waals surface area contributed by atoms with Gasteiger partial charge in [-0.3, -0.25) is 14.7 Å². The zero-order chi connectivity index (χ0) is 21.2. The van der Waals surface area contributed by atoms with Gasteiger partial charge in [0.05, 0.1) is 0 Å². The van der Waals surface area contributed by atoms with Crippen LogP contribution in [0.3, 0.4) is 0 Å². The van der Waals surface area contributed by atoms with Gasteiger partial charge in [0.15, 0.2) is 5.96 Å². The molecule has 7 nitrogen and oxygen atoms in total. The van der Waals surface area contributed by atoms with Crippen molar-refractivity contribution >= 4 is 41.5 Å². The highest BCUT2D eigenvalue weighted by atomic mass is 127. The van der Waals surface area contributed by atoms with Gasteiger partial charge in [0.1, 0.15) is 6.10 Å². The summed E-state index contributed by atoms with van der Waals surface area (Å²) in [6, 6.07) is 8.63. The van der Waals surface area contributed by atoms with Gasteiger partial charge in [-0.1, -0.05) is 25.5 Å². The normalized spacial score (nSPS) is 21.9. The number of benzene rings is 1. The van der Waals surface area contributed by atoms with E-state index in [9.17, 15) is 4.79 Å². The van der Waals surface area contributed by atoms with E-state index in [2.05, 4.69) is 32.8 Å². The molecule has 0 aliphatic carbocycles. The molecule has 3 N–H and O–H groups in total. The van der Waals surface area contributed by atoms with Crippen LogP contribution in [-0.2, 0) is 16.1 Å². The Morgan fingerprint density at radius 2 is 2.10 bits per heavy atom. The number of rotatable bonds is 8. The van der Waals surface area contributed by atoms with Gasteiger partial charge in [-0.2, -0.15) is 0 Å². The summed E-state index contributed by atoms with van der Waals surface area (Å²) in [7, 11) is 1.79. The molecule has 174 valence electrons. The Bertz CT molecular complexity index is 709. The summed E-state index contributed by atoms with van der Waals surface area (Å²) in [6.07, 6.45) is 6.65. The van der Waals surface area contributed by atoms with E-state index in [1.54, 1.807) is 7.05 Å². The number of hydrogen-bond acceptors (Lipinski definition) is 4. The Kier molecular flexibility index (Phi) is 11.6. The quantitative estimate of drug-likeness (QED) is 0.267. The standard InChI is InChI=1S/C23H37N5O2.HI/c1-3-20-10-4-5-13-28(20)14-12-25-23(24-2)26-17-18-8-6-9-19(16-18)27-22(29)21-11-7-15-30-21;/h6,8-9,16,20-21H,3-5,7,10-15,17H2,1-2H3,(H,27,29)(H2,24,25,26);1H. The van der Waals surface area contributed by atoms with Crippen LogP contribution < -0.4 is 16.0 Å². The number of aliphatic imine (C=N–C) groups is 1. The van der Waals surface area contributed by atoms with Crippen molar-refractivity contribution in [3.05, 3.63) is 29.8 Å². The summed E-state index contributed by atoms with van der Waals surface area (Å²) in [5.74, 6) is 0.743. The van der Waals surface area contributed by atoms with Gasteiger partial charge in [-0.15, -0.1) is 24.0 Å². The first-order valence-corrected chi connectivity index (χ1v) is 11.4. The van der Waals surface area contributed by atoms with E-state index in [1.807, 2.05) is 24.3 Å². The maximum absolute atomic E-state index is 12.2. The van der Waals surface area contributed by atoms with Crippen molar-refractivity contribution in [1.29, 1.82) is 0 Å². The number of nitrogens with one attached hydrogen (secondary N) is 3. The number of amides is 1. The van der Waals surface area contributed by atoms with Gasteiger partial charge in [-0.05, 0) is 56.3 Å². The van der Waals surface area contributed by atoms with Crippen molar-refractivity contribution in [2.75, 3.05) is 38.6 Å². The second kappa shape index (κ2) is 13.9. The highest BCUT2D eigenvalue weighted by molar-refractivity contribution is 14.0. The number of anilines is 1. The van der Waals surface area contributed by atoms with E-state index >= 15 is 0 Å². The third kappa shape index (κ3) is 8.23. The molecule has 0 spiro atoms. The predicted octanol–water partition coefficient (Wildman–Crippen LogP) is 3.35. The van der Waals surface area contributed by atoms with Crippen LogP contribution in [0.2, 0.25) is 0 Å². The van der Waals surface area contributed by atoms with Crippen molar-refractivity contribution in [3.63, 3.8) is 0 Å². The molecule has 1 amide bonds. The van der Waals surface area contributed by atoms with Gasteiger partial charge in [-0.25, -0.2) is 0 Å². The average Bonchev–Trinajstić information content (AvgIpc) is 3.32. The minimum atomic E-state index is -0.318. The lowest BCUT2D eigenvalue weighted by atomic mass is 10.0. The molecule has 2 saturated heterocycles. The summed E-state index contributed by atoms with van der Waals surface area (Å²) in [4.78, 5) is 19.2. The molecule has 1 aromatic rings. The first kappa shape index (κ1) is 25.9. The van der Waals surface area contributed by atoms with Gasteiger partial charge < -0.3 is 20.7 Å². The fraction of sp³-hybridized carbons (Fsp3) is 0.652.